The van der Waals surface area contributed by atoms with Crippen LogP contribution in [0.5, 0.6) is 0 Å². The second-order valence-corrected chi connectivity index (χ2v) is 5.45. The molecule has 104 valence electrons. The largest absolute Gasteiger partial charge is 0.393 e. The highest BCUT2D eigenvalue weighted by atomic mass is 19.4. The average molecular weight is 264 g/mol. The maximum atomic E-state index is 12.6. The van der Waals surface area contributed by atoms with E-state index in [4.69, 9.17) is 5.73 Å². The van der Waals surface area contributed by atoms with Crippen LogP contribution in [0.2, 0.25) is 0 Å². The van der Waals surface area contributed by atoms with Crippen LogP contribution in [0, 0.1) is 11.8 Å². The van der Waals surface area contributed by atoms with Crippen LogP contribution in [0.25, 0.3) is 0 Å². The third-order valence-corrected chi connectivity index (χ3v) is 3.80. The number of carbonyl (C=O) groups excluding carboxylic acids is 1. The Bertz CT molecular complexity index is 315. The lowest BCUT2D eigenvalue weighted by Gasteiger charge is -2.35. The first-order chi connectivity index (χ1) is 8.38. The fourth-order valence-electron chi connectivity index (χ4n) is 2.49. The summed E-state index contributed by atoms with van der Waals surface area (Å²) in [5.74, 6) is -1.19. The topological polar surface area (TPSA) is 46.3 Å². The number of amides is 1. The first-order valence-electron chi connectivity index (χ1n) is 6.49. The molecule has 1 amide bonds. The minimum atomic E-state index is -4.21. The molecular weight excluding hydrogens is 245 g/mol. The molecule has 0 spiro atoms. The van der Waals surface area contributed by atoms with E-state index in [0.29, 0.717) is 25.3 Å². The van der Waals surface area contributed by atoms with Crippen LogP contribution >= 0.6 is 0 Å². The predicted molar refractivity (Wildman–Crippen MR) is 60.7 cm³/mol. The number of likely N-dealkylation sites (tertiary alicyclic amines) is 1. The van der Waals surface area contributed by atoms with Crippen molar-refractivity contribution >= 4 is 5.91 Å². The van der Waals surface area contributed by atoms with E-state index in [1.54, 1.807) is 0 Å². The molecule has 1 heterocycles. The molecule has 2 unspecified atom stereocenters. The number of carbonyl (C=O) groups is 1. The van der Waals surface area contributed by atoms with Gasteiger partial charge in [0.15, 0.2) is 0 Å². The zero-order valence-corrected chi connectivity index (χ0v) is 10.2. The van der Waals surface area contributed by atoms with Gasteiger partial charge in [-0.05, 0) is 25.2 Å². The molecule has 1 saturated heterocycles. The maximum Gasteiger partial charge on any atom is 0.393 e. The van der Waals surface area contributed by atoms with Gasteiger partial charge in [0.1, 0.15) is 0 Å². The Labute approximate surface area is 104 Å². The SMILES string of the molecule is NC(CC1CC1)C(=O)N1CCCC(C(F)(F)F)C1. The van der Waals surface area contributed by atoms with Crippen LogP contribution in [0.1, 0.15) is 32.1 Å². The second kappa shape index (κ2) is 5.07. The quantitative estimate of drug-likeness (QED) is 0.846. The summed E-state index contributed by atoms with van der Waals surface area (Å²) in [6, 6.07) is -0.621. The van der Waals surface area contributed by atoms with Crippen molar-refractivity contribution in [2.75, 3.05) is 13.1 Å². The Hall–Kier alpha value is -0.780. The van der Waals surface area contributed by atoms with E-state index in [1.807, 2.05) is 0 Å². The van der Waals surface area contributed by atoms with Crippen molar-refractivity contribution in [1.82, 2.24) is 4.90 Å². The molecule has 2 fully saturated rings. The molecule has 18 heavy (non-hydrogen) atoms. The van der Waals surface area contributed by atoms with Crippen molar-refractivity contribution in [2.24, 2.45) is 17.6 Å². The van der Waals surface area contributed by atoms with E-state index >= 15 is 0 Å². The molecule has 2 rings (SSSR count). The first-order valence-corrected chi connectivity index (χ1v) is 6.49. The van der Waals surface area contributed by atoms with Crippen molar-refractivity contribution in [1.29, 1.82) is 0 Å². The molecule has 2 N–H and O–H groups in total. The van der Waals surface area contributed by atoms with Crippen molar-refractivity contribution in [3.63, 3.8) is 0 Å². The zero-order chi connectivity index (χ0) is 13.3. The van der Waals surface area contributed by atoms with Gasteiger partial charge in [-0.3, -0.25) is 4.79 Å². The Morgan fingerprint density at radius 1 is 1.33 bits per heavy atom. The summed E-state index contributed by atoms with van der Waals surface area (Å²) in [7, 11) is 0. The van der Waals surface area contributed by atoms with Gasteiger partial charge in [0.25, 0.3) is 0 Å². The van der Waals surface area contributed by atoms with E-state index < -0.39 is 18.1 Å². The Balaban J connectivity index is 1.89. The van der Waals surface area contributed by atoms with Crippen LogP contribution in [0.3, 0.4) is 0 Å². The summed E-state index contributed by atoms with van der Waals surface area (Å²) >= 11 is 0. The monoisotopic (exact) mass is 264 g/mol. The van der Waals surface area contributed by atoms with Gasteiger partial charge in [-0.1, -0.05) is 12.8 Å². The smallest absolute Gasteiger partial charge is 0.341 e. The summed E-state index contributed by atoms with van der Waals surface area (Å²) < 4.78 is 37.9. The average Bonchev–Trinajstić information content (AvgIpc) is 3.11. The summed E-state index contributed by atoms with van der Waals surface area (Å²) in [6.07, 6.45) is -0.888. The molecule has 0 aromatic carbocycles. The number of piperidine rings is 1. The lowest BCUT2D eigenvalue weighted by Crippen LogP contribution is -2.50. The highest BCUT2D eigenvalue weighted by Crippen LogP contribution is 2.35. The maximum absolute atomic E-state index is 12.6. The minimum absolute atomic E-state index is 0.116. The number of hydrogen-bond acceptors (Lipinski definition) is 2. The third kappa shape index (κ3) is 3.37. The standard InChI is InChI=1S/C12H19F3N2O/c13-12(14,15)9-2-1-5-17(7-9)11(18)10(16)6-8-3-4-8/h8-10H,1-7,16H2. The van der Waals surface area contributed by atoms with E-state index in [-0.39, 0.29) is 18.9 Å². The van der Waals surface area contributed by atoms with Gasteiger partial charge < -0.3 is 10.6 Å². The Kier molecular flexibility index (Phi) is 3.84. The number of hydrogen-bond donors (Lipinski definition) is 1. The molecular formula is C12H19F3N2O. The van der Waals surface area contributed by atoms with Crippen molar-refractivity contribution < 1.29 is 18.0 Å². The second-order valence-electron chi connectivity index (χ2n) is 5.45. The Morgan fingerprint density at radius 2 is 2.00 bits per heavy atom. The lowest BCUT2D eigenvalue weighted by atomic mass is 9.96. The fraction of sp³-hybridized carbons (Fsp3) is 0.917. The van der Waals surface area contributed by atoms with Gasteiger partial charge in [-0.2, -0.15) is 13.2 Å². The van der Waals surface area contributed by atoms with E-state index in [9.17, 15) is 18.0 Å². The minimum Gasteiger partial charge on any atom is -0.341 e. The number of nitrogens with two attached hydrogens (primary N) is 1. The van der Waals surface area contributed by atoms with Crippen LogP contribution in [-0.2, 0) is 4.79 Å². The predicted octanol–water partition coefficient (Wildman–Crippen LogP) is 1.91. The van der Waals surface area contributed by atoms with Crippen LogP contribution in [0.15, 0.2) is 0 Å². The third-order valence-electron chi connectivity index (χ3n) is 3.80. The number of rotatable bonds is 3. The number of halogens is 3. The van der Waals surface area contributed by atoms with Crippen LogP contribution in [0.4, 0.5) is 13.2 Å². The fourth-order valence-corrected chi connectivity index (χ4v) is 2.49. The van der Waals surface area contributed by atoms with Crippen LogP contribution in [-0.4, -0.2) is 36.1 Å². The molecule has 3 nitrogen and oxygen atoms in total. The normalized spacial score (nSPS) is 27.1. The van der Waals surface area contributed by atoms with Gasteiger partial charge in [0.2, 0.25) is 5.91 Å². The zero-order valence-electron chi connectivity index (χ0n) is 10.2. The highest BCUT2D eigenvalue weighted by molar-refractivity contribution is 5.81. The highest BCUT2D eigenvalue weighted by Gasteiger charge is 2.43. The molecule has 0 aromatic rings. The van der Waals surface area contributed by atoms with Gasteiger partial charge >= 0.3 is 6.18 Å². The molecule has 0 radical (unpaired) electrons. The van der Waals surface area contributed by atoms with Crippen LogP contribution < -0.4 is 5.73 Å². The summed E-state index contributed by atoms with van der Waals surface area (Å²) in [4.78, 5) is 13.3. The number of nitrogens with zero attached hydrogens (tertiary/aromatic N) is 1. The summed E-state index contributed by atoms with van der Waals surface area (Å²) in [6.45, 7) is 0.185. The molecule has 1 aliphatic carbocycles. The van der Waals surface area contributed by atoms with Crippen molar-refractivity contribution in [3.8, 4) is 0 Å². The van der Waals surface area contributed by atoms with Gasteiger partial charge in [-0.15, -0.1) is 0 Å². The first kappa shape index (κ1) is 13.6. The van der Waals surface area contributed by atoms with Crippen molar-refractivity contribution in [2.45, 2.75) is 44.3 Å². The van der Waals surface area contributed by atoms with E-state index in [2.05, 4.69) is 0 Å². The van der Waals surface area contributed by atoms with E-state index in [1.165, 1.54) is 4.90 Å². The van der Waals surface area contributed by atoms with Gasteiger partial charge in [0.05, 0.1) is 12.0 Å². The molecule has 1 saturated carbocycles. The van der Waals surface area contributed by atoms with Crippen molar-refractivity contribution in [3.05, 3.63) is 0 Å². The van der Waals surface area contributed by atoms with Gasteiger partial charge in [0, 0.05) is 13.1 Å². The molecule has 1 aliphatic heterocycles. The van der Waals surface area contributed by atoms with Gasteiger partial charge in [-0.25, -0.2) is 0 Å². The Morgan fingerprint density at radius 3 is 2.56 bits per heavy atom. The molecule has 2 atom stereocenters. The molecule has 0 bridgehead atoms. The summed E-state index contributed by atoms with van der Waals surface area (Å²) in [5, 5.41) is 0. The number of alkyl halides is 3. The molecule has 0 aromatic heterocycles. The summed E-state index contributed by atoms with van der Waals surface area (Å²) in [5.41, 5.74) is 5.77. The molecule has 2 aliphatic rings. The molecule has 6 heteroatoms. The van der Waals surface area contributed by atoms with E-state index in [0.717, 1.165) is 12.8 Å². The lowest BCUT2D eigenvalue weighted by molar-refractivity contribution is -0.188.